The van der Waals surface area contributed by atoms with E-state index >= 15 is 0 Å². The van der Waals surface area contributed by atoms with Gasteiger partial charge in [0, 0.05) is 56.3 Å². The van der Waals surface area contributed by atoms with E-state index in [1.165, 1.54) is 0 Å². The van der Waals surface area contributed by atoms with Gasteiger partial charge in [-0.25, -0.2) is 0 Å². The van der Waals surface area contributed by atoms with Gasteiger partial charge in [-0.1, -0.05) is 0 Å². The number of aromatic nitrogens is 2. The number of nitrogens with zero attached hydrogens (tertiary/aromatic N) is 3. The van der Waals surface area contributed by atoms with Gasteiger partial charge >= 0.3 is 0 Å². The molecule has 2 aromatic heterocycles. The minimum Gasteiger partial charge on any atom is -0.352 e. The Morgan fingerprint density at radius 3 is 2.62 bits per heavy atom. The second kappa shape index (κ2) is 7.32. The van der Waals surface area contributed by atoms with Gasteiger partial charge in [-0.15, -0.1) is 0 Å². The van der Waals surface area contributed by atoms with E-state index in [9.17, 15) is 9.59 Å². The van der Waals surface area contributed by atoms with Gasteiger partial charge in [0.1, 0.15) is 0 Å². The number of hydrogen-bond donors (Lipinski definition) is 1. The average Bonchev–Trinajstić information content (AvgIpc) is 3.09. The highest BCUT2D eigenvalue weighted by Crippen LogP contribution is 2.36. The van der Waals surface area contributed by atoms with Gasteiger partial charge in [0.05, 0.1) is 11.6 Å². The van der Waals surface area contributed by atoms with Crippen LogP contribution in [0.5, 0.6) is 0 Å². The highest BCUT2D eigenvalue weighted by atomic mass is 16.2. The summed E-state index contributed by atoms with van der Waals surface area (Å²) in [5, 5.41) is 3.04. The molecule has 0 unspecified atom stereocenters. The molecule has 0 saturated carbocycles. The van der Waals surface area contributed by atoms with Crippen LogP contribution in [0.25, 0.3) is 0 Å². The molecule has 1 saturated heterocycles. The van der Waals surface area contributed by atoms with E-state index in [1.54, 1.807) is 17.3 Å². The molecule has 6 heteroatoms. The van der Waals surface area contributed by atoms with Crippen LogP contribution in [0, 0.1) is 19.8 Å². The van der Waals surface area contributed by atoms with E-state index in [0.29, 0.717) is 18.5 Å². The fourth-order valence-corrected chi connectivity index (χ4v) is 4.03. The number of aryl methyl sites for hydroxylation is 1. The molecule has 1 fully saturated rings. The molecule has 138 valence electrons. The Balaban J connectivity index is 1.74. The smallest absolute Gasteiger partial charge is 0.253 e. The predicted octanol–water partition coefficient (Wildman–Crippen LogP) is 2.47. The molecule has 6 nitrogen and oxygen atoms in total. The Morgan fingerprint density at radius 2 is 2.00 bits per heavy atom. The maximum absolute atomic E-state index is 12.7. The highest BCUT2D eigenvalue weighted by Gasteiger charge is 2.38. The lowest BCUT2D eigenvalue weighted by Gasteiger charge is -2.25. The average molecular weight is 354 g/mol. The second-order valence-corrected chi connectivity index (χ2v) is 6.93. The maximum Gasteiger partial charge on any atom is 0.253 e. The van der Waals surface area contributed by atoms with Gasteiger partial charge in [-0.3, -0.25) is 14.6 Å². The highest BCUT2D eigenvalue weighted by molar-refractivity contribution is 5.95. The van der Waals surface area contributed by atoms with Crippen molar-refractivity contribution in [2.75, 3.05) is 13.6 Å². The van der Waals surface area contributed by atoms with Crippen molar-refractivity contribution in [2.24, 2.45) is 5.92 Å². The molecule has 1 aliphatic heterocycles. The van der Waals surface area contributed by atoms with Crippen molar-refractivity contribution in [1.29, 1.82) is 0 Å². The molecule has 3 heterocycles. The molecular weight excluding hydrogens is 328 g/mol. The van der Waals surface area contributed by atoms with Crippen LogP contribution in [0.2, 0.25) is 0 Å². The normalized spacial score (nSPS) is 19.8. The molecule has 2 atom stereocenters. The number of nitrogens with one attached hydrogen (secondary N) is 1. The Labute approximate surface area is 154 Å². The zero-order chi connectivity index (χ0) is 18.8. The summed E-state index contributed by atoms with van der Waals surface area (Å²) in [7, 11) is 1.82. The van der Waals surface area contributed by atoms with Crippen molar-refractivity contribution in [1.82, 2.24) is 19.8 Å². The number of likely N-dealkylation sites (tertiary alicyclic amines) is 1. The Bertz CT molecular complexity index is 813. The summed E-state index contributed by atoms with van der Waals surface area (Å²) in [5.41, 5.74) is 3.83. The number of carbonyl (C=O) groups excluding carboxylic acids is 2. The first-order valence-electron chi connectivity index (χ1n) is 9.04. The molecule has 0 spiro atoms. The summed E-state index contributed by atoms with van der Waals surface area (Å²) in [4.78, 5) is 30.7. The van der Waals surface area contributed by atoms with Crippen LogP contribution in [0.15, 0.2) is 30.6 Å². The van der Waals surface area contributed by atoms with Crippen LogP contribution in [0.3, 0.4) is 0 Å². The Kier molecular flexibility index (Phi) is 5.11. The minimum atomic E-state index is -0.0757. The van der Waals surface area contributed by atoms with E-state index < -0.39 is 0 Å². The van der Waals surface area contributed by atoms with Crippen molar-refractivity contribution < 1.29 is 9.59 Å². The number of hydrogen-bond acceptors (Lipinski definition) is 3. The molecule has 0 radical (unpaired) electrons. The van der Waals surface area contributed by atoms with E-state index in [0.717, 1.165) is 23.5 Å². The fourth-order valence-electron chi connectivity index (χ4n) is 4.03. The second-order valence-electron chi connectivity index (χ2n) is 6.93. The van der Waals surface area contributed by atoms with E-state index in [2.05, 4.69) is 21.8 Å². The number of amides is 2. The van der Waals surface area contributed by atoms with Crippen LogP contribution in [0.1, 0.15) is 46.7 Å². The molecule has 0 aliphatic carbocycles. The maximum atomic E-state index is 12.7. The van der Waals surface area contributed by atoms with Crippen LogP contribution in [-0.2, 0) is 11.3 Å². The van der Waals surface area contributed by atoms with Crippen molar-refractivity contribution >= 4 is 11.8 Å². The van der Waals surface area contributed by atoms with Crippen LogP contribution >= 0.6 is 0 Å². The first-order valence-corrected chi connectivity index (χ1v) is 9.04. The lowest BCUT2D eigenvalue weighted by atomic mass is 9.94. The van der Waals surface area contributed by atoms with Gasteiger partial charge in [-0.05, 0) is 44.5 Å². The SMILES string of the molecule is CCn1c(C)cc(C(=O)NC[C@@H]2CC(=O)N(C)[C@H]2c2ccncc2)c1C. The summed E-state index contributed by atoms with van der Waals surface area (Å²) in [6, 6.07) is 5.77. The third-order valence-corrected chi connectivity index (χ3v) is 5.40. The van der Waals surface area contributed by atoms with E-state index in [-0.39, 0.29) is 23.8 Å². The third kappa shape index (κ3) is 3.23. The van der Waals surface area contributed by atoms with Gasteiger partial charge in [0.2, 0.25) is 5.91 Å². The molecule has 2 amide bonds. The van der Waals surface area contributed by atoms with Crippen molar-refractivity contribution in [3.05, 3.63) is 53.1 Å². The number of carbonyl (C=O) groups is 2. The summed E-state index contributed by atoms with van der Waals surface area (Å²) >= 11 is 0. The molecule has 3 rings (SSSR count). The topological polar surface area (TPSA) is 67.2 Å². The monoisotopic (exact) mass is 354 g/mol. The molecule has 2 aromatic rings. The van der Waals surface area contributed by atoms with Crippen LogP contribution < -0.4 is 5.32 Å². The predicted molar refractivity (Wildman–Crippen MR) is 99.8 cm³/mol. The van der Waals surface area contributed by atoms with Gasteiger partial charge in [-0.2, -0.15) is 0 Å². The summed E-state index contributed by atoms with van der Waals surface area (Å²) in [6.45, 7) is 7.37. The van der Waals surface area contributed by atoms with Crippen LogP contribution in [0.4, 0.5) is 0 Å². The quantitative estimate of drug-likeness (QED) is 0.897. The fraction of sp³-hybridized carbons (Fsp3) is 0.450. The first kappa shape index (κ1) is 18.2. The van der Waals surface area contributed by atoms with Crippen molar-refractivity contribution in [3.8, 4) is 0 Å². The minimum absolute atomic E-state index is 0.0335. The van der Waals surface area contributed by atoms with Gasteiger partial charge < -0.3 is 14.8 Å². The van der Waals surface area contributed by atoms with Crippen molar-refractivity contribution in [2.45, 2.75) is 39.8 Å². The van der Waals surface area contributed by atoms with E-state index in [1.807, 2.05) is 39.1 Å². The first-order chi connectivity index (χ1) is 12.4. The summed E-state index contributed by atoms with van der Waals surface area (Å²) in [5.74, 6) is 0.0806. The van der Waals surface area contributed by atoms with Gasteiger partial charge in [0.15, 0.2) is 0 Å². The van der Waals surface area contributed by atoms with Crippen molar-refractivity contribution in [3.63, 3.8) is 0 Å². The standard InChI is InChI=1S/C20H26N4O2/c1-5-24-13(2)10-17(14(24)3)20(26)22-12-16-11-18(25)23(4)19(16)15-6-8-21-9-7-15/h6-10,16,19H,5,11-12H2,1-4H3,(H,22,26)/t16-,19-/m0/s1. The molecule has 0 bridgehead atoms. The molecule has 26 heavy (non-hydrogen) atoms. The number of pyridine rings is 1. The molecule has 0 aromatic carbocycles. The zero-order valence-corrected chi connectivity index (χ0v) is 15.8. The largest absolute Gasteiger partial charge is 0.352 e. The lowest BCUT2D eigenvalue weighted by molar-refractivity contribution is -0.127. The molecular formula is C20H26N4O2. The lowest BCUT2D eigenvalue weighted by Crippen LogP contribution is -2.32. The summed E-state index contributed by atoms with van der Waals surface area (Å²) in [6.07, 6.45) is 3.92. The Hall–Kier alpha value is -2.63. The van der Waals surface area contributed by atoms with Gasteiger partial charge in [0.25, 0.3) is 5.91 Å². The zero-order valence-electron chi connectivity index (χ0n) is 15.8. The van der Waals surface area contributed by atoms with Crippen LogP contribution in [-0.4, -0.2) is 39.9 Å². The Morgan fingerprint density at radius 1 is 1.31 bits per heavy atom. The third-order valence-electron chi connectivity index (χ3n) is 5.40. The molecule has 1 N–H and O–H groups in total. The summed E-state index contributed by atoms with van der Waals surface area (Å²) < 4.78 is 2.13. The molecule has 1 aliphatic rings. The van der Waals surface area contributed by atoms with E-state index in [4.69, 9.17) is 0 Å². The number of rotatable bonds is 5.